The molecule has 0 aliphatic rings. The van der Waals surface area contributed by atoms with Crippen molar-refractivity contribution in [3.05, 3.63) is 0 Å². The van der Waals surface area contributed by atoms with E-state index in [1.165, 1.54) is 0 Å². The third-order valence-electron chi connectivity index (χ3n) is 1.59. The predicted octanol–water partition coefficient (Wildman–Crippen LogP) is 2.37. The van der Waals surface area contributed by atoms with Crippen molar-refractivity contribution in [1.82, 2.24) is 4.90 Å². The van der Waals surface area contributed by atoms with Crippen molar-refractivity contribution < 1.29 is 4.79 Å². The fourth-order valence-corrected chi connectivity index (χ4v) is 1.58. The van der Waals surface area contributed by atoms with E-state index in [1.807, 2.05) is 0 Å². The molecule has 2 nitrogen and oxygen atoms in total. The average molecular weight is 206 g/mol. The van der Waals surface area contributed by atoms with Crippen molar-refractivity contribution in [2.24, 2.45) is 11.8 Å². The van der Waals surface area contributed by atoms with E-state index in [0.717, 1.165) is 13.1 Å². The maximum absolute atomic E-state index is 10.7. The first kappa shape index (κ1) is 12.9. The van der Waals surface area contributed by atoms with Crippen LogP contribution < -0.4 is 0 Å². The van der Waals surface area contributed by atoms with Crippen molar-refractivity contribution in [2.45, 2.75) is 27.7 Å². The Morgan fingerprint density at radius 2 is 1.54 bits per heavy atom. The molecule has 3 heteroatoms. The molecule has 0 N–H and O–H groups in total. The van der Waals surface area contributed by atoms with Crippen molar-refractivity contribution in [2.75, 3.05) is 19.6 Å². The molecule has 78 valence electrons. The molecular formula is C10H20ClNO. The zero-order chi connectivity index (χ0) is 10.4. The molecule has 0 radical (unpaired) electrons. The largest absolute Gasteiger partial charge is 0.295 e. The van der Waals surface area contributed by atoms with Crippen LogP contribution in [0.5, 0.6) is 0 Å². The van der Waals surface area contributed by atoms with E-state index in [-0.39, 0.29) is 5.24 Å². The molecule has 0 aromatic rings. The van der Waals surface area contributed by atoms with E-state index >= 15 is 0 Å². The summed E-state index contributed by atoms with van der Waals surface area (Å²) in [5.74, 6) is 1.16. The minimum absolute atomic E-state index is 0.263. The molecule has 0 spiro atoms. The highest BCUT2D eigenvalue weighted by Crippen LogP contribution is 2.04. The molecule has 0 aromatic carbocycles. The Morgan fingerprint density at radius 3 is 1.77 bits per heavy atom. The highest BCUT2D eigenvalue weighted by molar-refractivity contribution is 6.64. The first-order chi connectivity index (χ1) is 5.91. The van der Waals surface area contributed by atoms with Crippen molar-refractivity contribution in [1.29, 1.82) is 0 Å². The standard InChI is InChI=1S/C10H20ClNO/c1-8(2)5-12(6-9(3)4)7-10(11)13/h8-9H,5-7H2,1-4H3. The van der Waals surface area contributed by atoms with Gasteiger partial charge in [-0.3, -0.25) is 9.69 Å². The second-order valence-corrected chi connectivity index (χ2v) is 4.76. The monoisotopic (exact) mass is 205 g/mol. The number of hydrogen-bond donors (Lipinski definition) is 0. The normalized spacial score (nSPS) is 11.7. The number of hydrogen-bond acceptors (Lipinski definition) is 2. The second-order valence-electron chi connectivity index (χ2n) is 4.34. The minimum atomic E-state index is -0.263. The molecule has 0 aliphatic carbocycles. The van der Waals surface area contributed by atoms with Crippen LogP contribution in [-0.4, -0.2) is 29.8 Å². The van der Waals surface area contributed by atoms with Crippen LogP contribution in [0.25, 0.3) is 0 Å². The average Bonchev–Trinajstić information content (AvgIpc) is 1.80. The molecular weight excluding hydrogens is 186 g/mol. The quantitative estimate of drug-likeness (QED) is 0.621. The number of halogens is 1. The Balaban J connectivity index is 3.95. The summed E-state index contributed by atoms with van der Waals surface area (Å²) < 4.78 is 0. The van der Waals surface area contributed by atoms with Crippen LogP contribution in [0, 0.1) is 11.8 Å². The Labute approximate surface area is 86.2 Å². The lowest BCUT2D eigenvalue weighted by Gasteiger charge is -2.24. The van der Waals surface area contributed by atoms with Gasteiger partial charge in [0.25, 0.3) is 0 Å². The van der Waals surface area contributed by atoms with Gasteiger partial charge in [-0.05, 0) is 23.4 Å². The lowest BCUT2D eigenvalue weighted by Crippen LogP contribution is -2.34. The van der Waals surface area contributed by atoms with E-state index in [1.54, 1.807) is 0 Å². The lowest BCUT2D eigenvalue weighted by molar-refractivity contribution is -0.112. The number of nitrogens with zero attached hydrogens (tertiary/aromatic N) is 1. The molecule has 0 saturated heterocycles. The SMILES string of the molecule is CC(C)CN(CC(=O)Cl)CC(C)C. The third-order valence-corrected chi connectivity index (χ3v) is 1.71. The van der Waals surface area contributed by atoms with E-state index < -0.39 is 0 Å². The fourth-order valence-electron chi connectivity index (χ4n) is 1.41. The van der Waals surface area contributed by atoms with Gasteiger partial charge < -0.3 is 0 Å². The smallest absolute Gasteiger partial charge is 0.235 e. The zero-order valence-electron chi connectivity index (χ0n) is 9.01. The molecule has 13 heavy (non-hydrogen) atoms. The van der Waals surface area contributed by atoms with Gasteiger partial charge in [-0.25, -0.2) is 0 Å². The van der Waals surface area contributed by atoms with Gasteiger partial charge in [0.2, 0.25) is 5.24 Å². The van der Waals surface area contributed by atoms with Crippen LogP contribution in [0.3, 0.4) is 0 Å². The predicted molar refractivity (Wildman–Crippen MR) is 57.0 cm³/mol. The third kappa shape index (κ3) is 8.26. The second kappa shape index (κ2) is 6.39. The summed E-state index contributed by atoms with van der Waals surface area (Å²) in [7, 11) is 0. The molecule has 0 fully saturated rings. The first-order valence-corrected chi connectivity index (χ1v) is 5.20. The first-order valence-electron chi connectivity index (χ1n) is 4.82. The maximum atomic E-state index is 10.7. The number of rotatable bonds is 6. The number of carbonyl (C=O) groups is 1. The minimum Gasteiger partial charge on any atom is -0.295 e. The summed E-state index contributed by atoms with van der Waals surface area (Å²) in [4.78, 5) is 12.9. The van der Waals surface area contributed by atoms with Gasteiger partial charge >= 0.3 is 0 Å². The van der Waals surface area contributed by atoms with E-state index in [2.05, 4.69) is 32.6 Å². The lowest BCUT2D eigenvalue weighted by atomic mass is 10.1. The van der Waals surface area contributed by atoms with Gasteiger partial charge in [-0.2, -0.15) is 0 Å². The Morgan fingerprint density at radius 1 is 1.15 bits per heavy atom. The van der Waals surface area contributed by atoms with Crippen molar-refractivity contribution in [3.63, 3.8) is 0 Å². The van der Waals surface area contributed by atoms with Crippen LogP contribution in [-0.2, 0) is 4.79 Å². The van der Waals surface area contributed by atoms with Crippen molar-refractivity contribution >= 4 is 16.8 Å². The summed E-state index contributed by atoms with van der Waals surface area (Å²) in [5, 5.41) is -0.263. The Hall–Kier alpha value is -0.0800. The molecule has 0 unspecified atom stereocenters. The summed E-state index contributed by atoms with van der Waals surface area (Å²) in [5.41, 5.74) is 0. The molecule has 0 aliphatic heterocycles. The van der Waals surface area contributed by atoms with Gasteiger partial charge in [0.05, 0.1) is 6.54 Å². The molecule has 0 atom stereocenters. The van der Waals surface area contributed by atoms with Crippen LogP contribution in [0.4, 0.5) is 0 Å². The van der Waals surface area contributed by atoms with Gasteiger partial charge in [0.1, 0.15) is 0 Å². The van der Waals surface area contributed by atoms with Gasteiger partial charge in [-0.15, -0.1) is 0 Å². The van der Waals surface area contributed by atoms with Gasteiger partial charge in [0, 0.05) is 13.1 Å². The summed E-state index contributed by atoms with van der Waals surface area (Å²) in [6.45, 7) is 10.8. The van der Waals surface area contributed by atoms with Gasteiger partial charge in [-0.1, -0.05) is 27.7 Å². The van der Waals surface area contributed by atoms with Crippen LogP contribution >= 0.6 is 11.6 Å². The molecule has 0 aromatic heterocycles. The zero-order valence-corrected chi connectivity index (χ0v) is 9.77. The van der Waals surface area contributed by atoms with Crippen LogP contribution in [0.15, 0.2) is 0 Å². The summed E-state index contributed by atoms with van der Waals surface area (Å²) in [6, 6.07) is 0. The number of carbonyl (C=O) groups excluding carboxylic acids is 1. The summed E-state index contributed by atoms with van der Waals surface area (Å²) >= 11 is 5.36. The van der Waals surface area contributed by atoms with E-state index in [4.69, 9.17) is 11.6 Å². The highest BCUT2D eigenvalue weighted by atomic mass is 35.5. The fraction of sp³-hybridized carbons (Fsp3) is 0.900. The van der Waals surface area contributed by atoms with Crippen LogP contribution in [0.1, 0.15) is 27.7 Å². The van der Waals surface area contributed by atoms with Crippen LogP contribution in [0.2, 0.25) is 0 Å². The Kier molecular flexibility index (Phi) is 6.35. The summed E-state index contributed by atoms with van der Waals surface area (Å²) in [6.07, 6.45) is 0. The highest BCUT2D eigenvalue weighted by Gasteiger charge is 2.11. The Bertz CT molecular complexity index is 147. The topological polar surface area (TPSA) is 20.3 Å². The molecule has 0 rings (SSSR count). The van der Waals surface area contributed by atoms with E-state index in [0.29, 0.717) is 18.4 Å². The maximum Gasteiger partial charge on any atom is 0.235 e. The van der Waals surface area contributed by atoms with Crippen molar-refractivity contribution in [3.8, 4) is 0 Å². The molecule has 0 heterocycles. The molecule has 0 amide bonds. The molecule has 0 saturated carbocycles. The van der Waals surface area contributed by atoms with E-state index in [9.17, 15) is 4.79 Å². The van der Waals surface area contributed by atoms with Gasteiger partial charge in [0.15, 0.2) is 0 Å². The molecule has 0 bridgehead atoms.